The summed E-state index contributed by atoms with van der Waals surface area (Å²) >= 11 is 0. The van der Waals surface area contributed by atoms with Crippen molar-refractivity contribution in [1.82, 2.24) is 9.97 Å². The molecule has 0 unspecified atom stereocenters. The number of hydrogen-bond donors (Lipinski definition) is 4. The van der Waals surface area contributed by atoms with Gasteiger partial charge in [0, 0.05) is 0 Å². The third-order valence-electron chi connectivity index (χ3n) is 2.63. The SMILES string of the molecule is COC(=O)c1ccc2nc(CN)[nH]c2c1.O=C(O)C(F)(F)F.O=C(O)C(F)(F)F. The first-order valence-corrected chi connectivity index (χ1v) is 7.00. The van der Waals surface area contributed by atoms with Gasteiger partial charge in [-0.1, -0.05) is 0 Å². The first-order chi connectivity index (χ1) is 13.1. The number of rotatable bonds is 2. The molecule has 0 fully saturated rings. The molecular weight excluding hydrogens is 420 g/mol. The number of imidazole rings is 1. The molecule has 2 aromatic rings. The Balaban J connectivity index is 0.000000473. The van der Waals surface area contributed by atoms with Crippen molar-refractivity contribution in [2.24, 2.45) is 5.73 Å². The van der Waals surface area contributed by atoms with E-state index in [4.69, 9.17) is 25.5 Å². The van der Waals surface area contributed by atoms with Crippen LogP contribution >= 0.6 is 0 Å². The highest BCUT2D eigenvalue weighted by molar-refractivity contribution is 5.93. The van der Waals surface area contributed by atoms with Gasteiger partial charge in [-0.05, 0) is 18.2 Å². The van der Waals surface area contributed by atoms with Crippen LogP contribution in [0.15, 0.2) is 18.2 Å². The number of H-pyrrole nitrogens is 1. The minimum Gasteiger partial charge on any atom is -0.475 e. The van der Waals surface area contributed by atoms with Gasteiger partial charge in [0.15, 0.2) is 0 Å². The number of carboxylic acids is 2. The minimum atomic E-state index is -5.08. The molecule has 0 aliphatic heterocycles. The third-order valence-corrected chi connectivity index (χ3v) is 2.63. The summed E-state index contributed by atoms with van der Waals surface area (Å²) in [6, 6.07) is 5.14. The van der Waals surface area contributed by atoms with Crippen molar-refractivity contribution in [2.75, 3.05) is 7.11 Å². The lowest BCUT2D eigenvalue weighted by molar-refractivity contribution is -0.193. The van der Waals surface area contributed by atoms with Crippen LogP contribution in [-0.4, -0.2) is 57.6 Å². The topological polar surface area (TPSA) is 156 Å². The van der Waals surface area contributed by atoms with Gasteiger partial charge in [0.2, 0.25) is 0 Å². The lowest BCUT2D eigenvalue weighted by atomic mass is 10.2. The van der Waals surface area contributed by atoms with Crippen LogP contribution in [0.3, 0.4) is 0 Å². The highest BCUT2D eigenvalue weighted by atomic mass is 19.4. The normalized spacial score (nSPS) is 10.9. The van der Waals surface area contributed by atoms with Crippen molar-refractivity contribution < 1.29 is 55.7 Å². The molecule has 2 rings (SSSR count). The number of aromatic amines is 1. The number of methoxy groups -OCH3 is 1. The van der Waals surface area contributed by atoms with Gasteiger partial charge in [0.05, 0.1) is 30.3 Å². The Morgan fingerprint density at radius 2 is 1.52 bits per heavy atom. The molecule has 0 aliphatic rings. The molecule has 29 heavy (non-hydrogen) atoms. The molecule has 0 saturated heterocycles. The van der Waals surface area contributed by atoms with Crippen molar-refractivity contribution in [1.29, 1.82) is 0 Å². The van der Waals surface area contributed by atoms with Gasteiger partial charge in [-0.2, -0.15) is 26.3 Å². The number of alkyl halides is 6. The van der Waals surface area contributed by atoms with Crippen molar-refractivity contribution >= 4 is 28.9 Å². The summed E-state index contributed by atoms with van der Waals surface area (Å²) in [4.78, 5) is 36.3. The number of carbonyl (C=O) groups excluding carboxylic acids is 1. The molecule has 9 nitrogen and oxygen atoms in total. The van der Waals surface area contributed by atoms with E-state index in [1.807, 2.05) is 0 Å². The van der Waals surface area contributed by atoms with Crippen molar-refractivity contribution in [3.05, 3.63) is 29.6 Å². The fraction of sp³-hybridized carbons (Fsp3) is 0.286. The summed E-state index contributed by atoms with van der Waals surface area (Å²) in [5, 5.41) is 14.2. The van der Waals surface area contributed by atoms with E-state index in [0.717, 1.165) is 11.0 Å². The van der Waals surface area contributed by atoms with E-state index in [9.17, 15) is 31.1 Å². The van der Waals surface area contributed by atoms with Crippen molar-refractivity contribution in [3.8, 4) is 0 Å². The van der Waals surface area contributed by atoms with Crippen molar-refractivity contribution in [2.45, 2.75) is 18.9 Å². The van der Waals surface area contributed by atoms with Gasteiger partial charge in [0.1, 0.15) is 5.82 Å². The van der Waals surface area contributed by atoms with E-state index < -0.39 is 24.3 Å². The van der Waals surface area contributed by atoms with Crippen LogP contribution in [0.2, 0.25) is 0 Å². The van der Waals surface area contributed by atoms with Gasteiger partial charge in [0.25, 0.3) is 0 Å². The molecule has 0 bridgehead atoms. The zero-order valence-corrected chi connectivity index (χ0v) is 14.3. The molecule has 162 valence electrons. The third kappa shape index (κ3) is 8.91. The number of ether oxygens (including phenoxy) is 1. The maximum atomic E-state index is 11.3. The molecule has 5 N–H and O–H groups in total. The highest BCUT2D eigenvalue weighted by Crippen LogP contribution is 2.15. The molecule has 1 aromatic carbocycles. The van der Waals surface area contributed by atoms with Crippen LogP contribution in [0.1, 0.15) is 16.2 Å². The smallest absolute Gasteiger partial charge is 0.475 e. The van der Waals surface area contributed by atoms with Crippen LogP contribution < -0.4 is 5.73 Å². The number of fused-ring (bicyclic) bond motifs is 1. The Hall–Kier alpha value is -3.36. The zero-order valence-electron chi connectivity index (χ0n) is 14.3. The lowest BCUT2D eigenvalue weighted by Gasteiger charge is -1.97. The maximum Gasteiger partial charge on any atom is 0.490 e. The summed E-state index contributed by atoms with van der Waals surface area (Å²) in [7, 11) is 1.35. The van der Waals surface area contributed by atoms with Crippen molar-refractivity contribution in [3.63, 3.8) is 0 Å². The molecule has 0 aliphatic carbocycles. The molecule has 0 radical (unpaired) electrons. The number of nitrogens with two attached hydrogens (primary N) is 1. The number of hydrogen-bond acceptors (Lipinski definition) is 6. The molecule has 0 saturated carbocycles. The number of benzene rings is 1. The lowest BCUT2D eigenvalue weighted by Crippen LogP contribution is -2.21. The fourth-order valence-electron chi connectivity index (χ4n) is 1.40. The van der Waals surface area contributed by atoms with Crippen LogP contribution in [0.4, 0.5) is 26.3 Å². The van der Waals surface area contributed by atoms with Gasteiger partial charge < -0.3 is 25.7 Å². The van der Waals surface area contributed by atoms with E-state index in [-0.39, 0.29) is 5.97 Å². The van der Waals surface area contributed by atoms with Gasteiger partial charge >= 0.3 is 30.3 Å². The first kappa shape index (κ1) is 25.6. The molecule has 0 spiro atoms. The van der Waals surface area contributed by atoms with E-state index >= 15 is 0 Å². The van der Waals surface area contributed by atoms with E-state index in [0.29, 0.717) is 17.9 Å². The number of esters is 1. The number of halogens is 6. The molecule has 0 amide bonds. The van der Waals surface area contributed by atoms with Crippen LogP contribution in [0.25, 0.3) is 11.0 Å². The second kappa shape index (κ2) is 10.3. The molecule has 15 heteroatoms. The predicted octanol–water partition coefficient (Wildman–Crippen LogP) is 2.07. The Kier molecular flexibility index (Phi) is 9.07. The standard InChI is InChI=1S/C10H11N3O2.2C2HF3O2/c1-15-10(14)6-2-3-7-8(4-6)13-9(5-11)12-7;2*3-2(4,5)1(6)7/h2-4H,5,11H2,1H3,(H,12,13);2*(H,6,7). The molecule has 0 atom stereocenters. The molecule has 1 aromatic heterocycles. The van der Waals surface area contributed by atoms with Crippen LogP contribution in [0, 0.1) is 0 Å². The summed E-state index contributed by atoms with van der Waals surface area (Å²) in [5.74, 6) is -5.17. The zero-order chi connectivity index (χ0) is 23.0. The second-order valence-corrected chi connectivity index (χ2v) is 4.72. The number of nitrogens with zero attached hydrogens (tertiary/aromatic N) is 1. The number of carboxylic acid groups (broad SMARTS) is 2. The largest absolute Gasteiger partial charge is 0.490 e. The maximum absolute atomic E-state index is 11.3. The summed E-state index contributed by atoms with van der Waals surface area (Å²) in [5.41, 5.74) is 7.53. The Morgan fingerprint density at radius 3 is 1.86 bits per heavy atom. The second-order valence-electron chi connectivity index (χ2n) is 4.72. The van der Waals surface area contributed by atoms with E-state index in [1.165, 1.54) is 7.11 Å². The molecule has 1 heterocycles. The Bertz CT molecular complexity index is 838. The quantitative estimate of drug-likeness (QED) is 0.414. The average Bonchev–Trinajstić information content (AvgIpc) is 3.02. The summed E-state index contributed by atoms with van der Waals surface area (Å²) in [6.07, 6.45) is -10.2. The van der Waals surface area contributed by atoms with E-state index in [1.54, 1.807) is 18.2 Å². The Morgan fingerprint density at radius 1 is 1.07 bits per heavy atom. The van der Waals surface area contributed by atoms with E-state index in [2.05, 4.69) is 14.7 Å². The summed E-state index contributed by atoms with van der Waals surface area (Å²) < 4.78 is 68.1. The van der Waals surface area contributed by atoms with Crippen LogP contribution in [0.5, 0.6) is 0 Å². The molecular formula is C14H13F6N3O6. The minimum absolute atomic E-state index is 0.349. The number of carbonyl (C=O) groups is 3. The summed E-state index contributed by atoms with van der Waals surface area (Å²) in [6.45, 7) is 0.349. The average molecular weight is 433 g/mol. The number of aliphatic carboxylic acids is 2. The predicted molar refractivity (Wildman–Crippen MR) is 82.7 cm³/mol. The Labute approximate surface area is 157 Å². The fourth-order valence-corrected chi connectivity index (χ4v) is 1.40. The highest BCUT2D eigenvalue weighted by Gasteiger charge is 2.38. The first-order valence-electron chi connectivity index (χ1n) is 7.00. The van der Waals surface area contributed by atoms with Gasteiger partial charge in [-0.25, -0.2) is 19.4 Å². The van der Waals surface area contributed by atoms with Gasteiger partial charge in [-0.15, -0.1) is 0 Å². The number of aromatic nitrogens is 2. The van der Waals surface area contributed by atoms with Crippen LogP contribution in [-0.2, 0) is 20.9 Å². The number of nitrogens with one attached hydrogen (secondary N) is 1. The van der Waals surface area contributed by atoms with Gasteiger partial charge in [-0.3, -0.25) is 0 Å². The monoisotopic (exact) mass is 433 g/mol.